The molecule has 0 aromatic heterocycles. The van der Waals surface area contributed by atoms with Gasteiger partial charge in [-0.15, -0.1) is 0 Å². The topological polar surface area (TPSA) is 21.3 Å². The zero-order valence-electron chi connectivity index (χ0n) is 13.4. The van der Waals surface area contributed by atoms with Crippen LogP contribution in [0.2, 0.25) is 0 Å². The average Bonchev–Trinajstić information content (AvgIpc) is 2.45. The summed E-state index contributed by atoms with van der Waals surface area (Å²) < 4.78 is 5.66. The quantitative estimate of drug-likeness (QED) is 0.834. The van der Waals surface area contributed by atoms with Crippen LogP contribution in [0.3, 0.4) is 0 Å². The van der Waals surface area contributed by atoms with Gasteiger partial charge in [0.05, 0.1) is 6.10 Å². The largest absolute Gasteiger partial charge is 0.491 e. The Morgan fingerprint density at radius 2 is 1.71 bits per heavy atom. The molecule has 2 aromatic carbocycles. The van der Waals surface area contributed by atoms with Crippen molar-refractivity contribution in [1.29, 1.82) is 0 Å². The van der Waals surface area contributed by atoms with Crippen LogP contribution in [0.1, 0.15) is 43.5 Å². The highest BCUT2D eigenvalue weighted by Gasteiger charge is 2.05. The Balaban J connectivity index is 1.90. The molecule has 0 spiro atoms. The predicted octanol–water partition coefficient (Wildman–Crippen LogP) is 4.63. The highest BCUT2D eigenvalue weighted by Crippen LogP contribution is 2.16. The van der Waals surface area contributed by atoms with Crippen molar-refractivity contribution in [2.75, 3.05) is 0 Å². The maximum Gasteiger partial charge on any atom is 0.119 e. The van der Waals surface area contributed by atoms with E-state index in [0.717, 1.165) is 12.3 Å². The Labute approximate surface area is 128 Å². The fourth-order valence-corrected chi connectivity index (χ4v) is 2.29. The maximum atomic E-state index is 5.66. The van der Waals surface area contributed by atoms with Crippen molar-refractivity contribution in [2.24, 2.45) is 0 Å². The van der Waals surface area contributed by atoms with Crippen molar-refractivity contribution < 1.29 is 4.74 Å². The molecule has 1 N–H and O–H groups in total. The molecule has 0 fully saturated rings. The fourth-order valence-electron chi connectivity index (χ4n) is 2.29. The van der Waals surface area contributed by atoms with Gasteiger partial charge in [-0.1, -0.05) is 42.0 Å². The molecule has 0 amide bonds. The SMILES string of the molecule is Cc1cccc([C@@H](C)NCc2ccc(OC(C)C)cc2)c1. The van der Waals surface area contributed by atoms with E-state index in [1.807, 2.05) is 26.0 Å². The predicted molar refractivity (Wildman–Crippen MR) is 88.6 cm³/mol. The minimum atomic E-state index is 0.218. The summed E-state index contributed by atoms with van der Waals surface area (Å²) in [6.45, 7) is 9.27. The number of ether oxygens (including phenoxy) is 1. The Bertz CT molecular complexity index is 560. The monoisotopic (exact) mass is 283 g/mol. The minimum absolute atomic E-state index is 0.218. The second-order valence-electron chi connectivity index (χ2n) is 5.83. The Morgan fingerprint density at radius 1 is 1.00 bits per heavy atom. The van der Waals surface area contributed by atoms with Gasteiger partial charge < -0.3 is 10.1 Å². The van der Waals surface area contributed by atoms with Crippen LogP contribution in [0, 0.1) is 6.92 Å². The lowest BCUT2D eigenvalue weighted by Gasteiger charge is -2.15. The summed E-state index contributed by atoms with van der Waals surface area (Å²) in [5, 5.41) is 3.56. The third-order valence-electron chi connectivity index (χ3n) is 3.45. The van der Waals surface area contributed by atoms with E-state index in [0.29, 0.717) is 6.04 Å². The summed E-state index contributed by atoms with van der Waals surface area (Å²) in [6.07, 6.45) is 0.218. The van der Waals surface area contributed by atoms with Crippen LogP contribution in [0.5, 0.6) is 5.75 Å². The second kappa shape index (κ2) is 7.28. The van der Waals surface area contributed by atoms with Crippen molar-refractivity contribution in [3.63, 3.8) is 0 Å². The molecule has 0 bridgehead atoms. The molecule has 0 unspecified atom stereocenters. The van der Waals surface area contributed by atoms with Gasteiger partial charge in [-0.25, -0.2) is 0 Å². The molecule has 0 radical (unpaired) electrons. The molecule has 0 heterocycles. The first-order valence-electron chi connectivity index (χ1n) is 7.60. The van der Waals surface area contributed by atoms with Gasteiger partial charge in [-0.3, -0.25) is 0 Å². The molecule has 2 rings (SSSR count). The van der Waals surface area contributed by atoms with E-state index >= 15 is 0 Å². The van der Waals surface area contributed by atoms with Crippen LogP contribution >= 0.6 is 0 Å². The summed E-state index contributed by atoms with van der Waals surface area (Å²) in [6, 6.07) is 17.3. The van der Waals surface area contributed by atoms with Crippen molar-refractivity contribution in [3.8, 4) is 5.75 Å². The molecular weight excluding hydrogens is 258 g/mol. The van der Waals surface area contributed by atoms with Gasteiger partial charge in [0.1, 0.15) is 5.75 Å². The molecule has 112 valence electrons. The molecule has 0 aliphatic carbocycles. The van der Waals surface area contributed by atoms with Gasteiger partial charge in [-0.2, -0.15) is 0 Å². The van der Waals surface area contributed by atoms with Crippen LogP contribution in [0.4, 0.5) is 0 Å². The third-order valence-corrected chi connectivity index (χ3v) is 3.45. The van der Waals surface area contributed by atoms with Crippen molar-refractivity contribution >= 4 is 0 Å². The minimum Gasteiger partial charge on any atom is -0.491 e. The van der Waals surface area contributed by atoms with Crippen molar-refractivity contribution in [3.05, 3.63) is 65.2 Å². The fraction of sp³-hybridized carbons (Fsp3) is 0.368. The van der Waals surface area contributed by atoms with E-state index in [1.54, 1.807) is 0 Å². The number of benzene rings is 2. The summed E-state index contributed by atoms with van der Waals surface area (Å²) in [5.74, 6) is 0.931. The van der Waals surface area contributed by atoms with Crippen LogP contribution in [-0.4, -0.2) is 6.10 Å². The van der Waals surface area contributed by atoms with E-state index in [4.69, 9.17) is 4.74 Å². The summed E-state index contributed by atoms with van der Waals surface area (Å²) in [4.78, 5) is 0. The van der Waals surface area contributed by atoms with Crippen LogP contribution < -0.4 is 10.1 Å². The first kappa shape index (κ1) is 15.6. The number of hydrogen-bond acceptors (Lipinski definition) is 2. The molecular formula is C19H25NO. The molecule has 2 nitrogen and oxygen atoms in total. The van der Waals surface area contributed by atoms with Gasteiger partial charge in [0, 0.05) is 12.6 Å². The number of aryl methyl sites for hydroxylation is 1. The lowest BCUT2D eigenvalue weighted by atomic mass is 10.1. The van der Waals surface area contributed by atoms with Gasteiger partial charge in [-0.05, 0) is 51.0 Å². The average molecular weight is 283 g/mol. The Hall–Kier alpha value is -1.80. The van der Waals surface area contributed by atoms with Crippen molar-refractivity contribution in [2.45, 2.75) is 46.4 Å². The molecule has 2 heteroatoms. The zero-order chi connectivity index (χ0) is 15.2. The number of hydrogen-bond donors (Lipinski definition) is 1. The Morgan fingerprint density at radius 3 is 2.33 bits per heavy atom. The smallest absolute Gasteiger partial charge is 0.119 e. The van der Waals surface area contributed by atoms with Crippen LogP contribution in [0.15, 0.2) is 48.5 Å². The number of rotatable bonds is 6. The highest BCUT2D eigenvalue weighted by atomic mass is 16.5. The van der Waals surface area contributed by atoms with Crippen LogP contribution in [-0.2, 0) is 6.54 Å². The van der Waals surface area contributed by atoms with Crippen LogP contribution in [0.25, 0.3) is 0 Å². The lowest BCUT2D eigenvalue weighted by molar-refractivity contribution is 0.242. The molecule has 0 saturated heterocycles. The van der Waals surface area contributed by atoms with Gasteiger partial charge in [0.2, 0.25) is 0 Å². The van der Waals surface area contributed by atoms with Crippen molar-refractivity contribution in [1.82, 2.24) is 5.32 Å². The van der Waals surface area contributed by atoms with E-state index in [2.05, 4.69) is 55.6 Å². The first-order chi connectivity index (χ1) is 10.0. The van der Waals surface area contributed by atoms with E-state index in [9.17, 15) is 0 Å². The Kier molecular flexibility index (Phi) is 5.40. The van der Waals surface area contributed by atoms with E-state index < -0.39 is 0 Å². The van der Waals surface area contributed by atoms with Gasteiger partial charge in [0.25, 0.3) is 0 Å². The van der Waals surface area contributed by atoms with E-state index in [-0.39, 0.29) is 6.10 Å². The summed E-state index contributed by atoms with van der Waals surface area (Å²) in [7, 11) is 0. The molecule has 21 heavy (non-hydrogen) atoms. The van der Waals surface area contributed by atoms with Gasteiger partial charge in [0.15, 0.2) is 0 Å². The molecule has 0 saturated carbocycles. The standard InChI is InChI=1S/C19H25NO/c1-14(2)21-19-10-8-17(9-11-19)13-20-16(4)18-7-5-6-15(3)12-18/h5-12,14,16,20H,13H2,1-4H3/t16-/m1/s1. The summed E-state index contributed by atoms with van der Waals surface area (Å²) in [5.41, 5.74) is 3.90. The summed E-state index contributed by atoms with van der Waals surface area (Å²) >= 11 is 0. The van der Waals surface area contributed by atoms with E-state index in [1.165, 1.54) is 16.7 Å². The normalized spacial score (nSPS) is 12.4. The second-order valence-corrected chi connectivity index (χ2v) is 5.83. The molecule has 0 aliphatic heterocycles. The molecule has 1 atom stereocenters. The molecule has 0 aliphatic rings. The highest BCUT2D eigenvalue weighted by molar-refractivity contribution is 5.28. The number of nitrogens with one attached hydrogen (secondary N) is 1. The first-order valence-corrected chi connectivity index (χ1v) is 7.60. The lowest BCUT2D eigenvalue weighted by Crippen LogP contribution is -2.18. The van der Waals surface area contributed by atoms with Gasteiger partial charge >= 0.3 is 0 Å². The zero-order valence-corrected chi connectivity index (χ0v) is 13.4. The third kappa shape index (κ3) is 4.91. The molecule has 2 aromatic rings. The maximum absolute atomic E-state index is 5.66.